The molecule has 14 heavy (non-hydrogen) atoms. The lowest BCUT2D eigenvalue weighted by molar-refractivity contribution is 0.0365. The van der Waals surface area contributed by atoms with Crippen molar-refractivity contribution < 1.29 is 5.11 Å². The van der Waals surface area contributed by atoms with Crippen LogP contribution in [0.1, 0.15) is 31.2 Å². The predicted octanol–water partition coefficient (Wildman–Crippen LogP) is 2.78. The smallest absolute Gasteiger partial charge is 0.0487 e. The van der Waals surface area contributed by atoms with Gasteiger partial charge in [0.25, 0.3) is 0 Å². The van der Waals surface area contributed by atoms with Crippen LogP contribution in [0.15, 0.2) is 30.3 Å². The zero-order chi connectivity index (χ0) is 9.86. The lowest BCUT2D eigenvalue weighted by atomic mass is 9.66. The highest BCUT2D eigenvalue weighted by molar-refractivity contribution is 5.15. The summed E-state index contributed by atoms with van der Waals surface area (Å²) in [6.07, 6.45) is 6.00. The summed E-state index contributed by atoms with van der Waals surface area (Å²) < 4.78 is 0. The molecule has 1 nitrogen and oxygen atoms in total. The van der Waals surface area contributed by atoms with Gasteiger partial charge in [-0.1, -0.05) is 36.8 Å². The topological polar surface area (TPSA) is 20.2 Å². The molecule has 0 saturated heterocycles. The molecule has 1 aromatic carbocycles. The Bertz CT molecular complexity index is 269. The van der Waals surface area contributed by atoms with E-state index in [1.165, 1.54) is 24.8 Å². The molecule has 0 unspecified atom stereocenters. The highest BCUT2D eigenvalue weighted by Gasteiger charge is 2.35. The number of hydrogen-bond donors (Lipinski definition) is 1. The number of aliphatic hydroxyl groups excluding tert-OH is 1. The first-order valence-electron chi connectivity index (χ1n) is 5.49. The molecule has 1 aliphatic rings. The van der Waals surface area contributed by atoms with Gasteiger partial charge in [-0.2, -0.15) is 0 Å². The third-order valence-corrected chi connectivity index (χ3v) is 3.54. The van der Waals surface area contributed by atoms with Crippen LogP contribution in [0.2, 0.25) is 0 Å². The quantitative estimate of drug-likeness (QED) is 0.774. The predicted molar refractivity (Wildman–Crippen MR) is 58.1 cm³/mol. The Morgan fingerprint density at radius 2 is 1.86 bits per heavy atom. The molecule has 0 radical (unpaired) electrons. The van der Waals surface area contributed by atoms with Crippen LogP contribution in [0.3, 0.4) is 0 Å². The number of rotatable bonds is 4. The van der Waals surface area contributed by atoms with Crippen LogP contribution in [-0.4, -0.2) is 11.7 Å². The van der Waals surface area contributed by atoms with Gasteiger partial charge >= 0.3 is 0 Å². The molecule has 76 valence electrons. The molecule has 0 atom stereocenters. The van der Waals surface area contributed by atoms with Gasteiger partial charge in [-0.05, 0) is 36.7 Å². The van der Waals surface area contributed by atoms with Crippen molar-refractivity contribution in [2.45, 2.75) is 32.1 Å². The molecule has 0 bridgehead atoms. The van der Waals surface area contributed by atoms with E-state index in [9.17, 15) is 5.11 Å². The van der Waals surface area contributed by atoms with E-state index in [0.717, 1.165) is 12.8 Å². The van der Waals surface area contributed by atoms with Gasteiger partial charge in [-0.25, -0.2) is 0 Å². The van der Waals surface area contributed by atoms with E-state index in [1.807, 2.05) is 0 Å². The molecule has 1 N–H and O–H groups in total. The van der Waals surface area contributed by atoms with Crippen molar-refractivity contribution >= 4 is 0 Å². The number of aliphatic hydroxyl groups is 1. The maximum absolute atomic E-state index is 9.31. The van der Waals surface area contributed by atoms with E-state index in [1.54, 1.807) is 0 Å². The van der Waals surface area contributed by atoms with Crippen molar-refractivity contribution in [1.29, 1.82) is 0 Å². The van der Waals surface area contributed by atoms with Crippen molar-refractivity contribution in [2.24, 2.45) is 5.41 Å². The van der Waals surface area contributed by atoms with E-state index in [4.69, 9.17) is 0 Å². The molecule has 0 aromatic heterocycles. The fraction of sp³-hybridized carbons (Fsp3) is 0.538. The summed E-state index contributed by atoms with van der Waals surface area (Å²) >= 11 is 0. The van der Waals surface area contributed by atoms with Crippen LogP contribution in [0, 0.1) is 5.41 Å². The fourth-order valence-electron chi connectivity index (χ4n) is 2.22. The lowest BCUT2D eigenvalue weighted by Crippen LogP contribution is -2.33. The monoisotopic (exact) mass is 190 g/mol. The highest BCUT2D eigenvalue weighted by atomic mass is 16.3. The minimum absolute atomic E-state index is 0.274. The minimum atomic E-state index is 0.274. The first-order valence-corrected chi connectivity index (χ1v) is 5.49. The van der Waals surface area contributed by atoms with E-state index in [2.05, 4.69) is 30.3 Å². The van der Waals surface area contributed by atoms with Crippen LogP contribution in [0.4, 0.5) is 0 Å². The largest absolute Gasteiger partial charge is 0.396 e. The van der Waals surface area contributed by atoms with Gasteiger partial charge in [0.15, 0.2) is 0 Å². The molecule has 0 heterocycles. The molecule has 1 aliphatic carbocycles. The molecule has 1 saturated carbocycles. The Kier molecular flexibility index (Phi) is 2.87. The molecule has 1 heteroatoms. The standard InChI is InChI=1S/C13H18O/c14-11-13(8-4-9-13)10-7-12-5-2-1-3-6-12/h1-3,5-6,14H,4,7-11H2. The van der Waals surface area contributed by atoms with E-state index in [-0.39, 0.29) is 5.41 Å². The molecular weight excluding hydrogens is 172 g/mol. The highest BCUT2D eigenvalue weighted by Crippen LogP contribution is 2.44. The number of benzene rings is 1. The number of aryl methyl sites for hydroxylation is 1. The molecule has 1 fully saturated rings. The molecule has 0 spiro atoms. The van der Waals surface area contributed by atoms with E-state index >= 15 is 0 Å². The maximum atomic E-state index is 9.31. The Morgan fingerprint density at radius 3 is 2.36 bits per heavy atom. The summed E-state index contributed by atoms with van der Waals surface area (Å²) in [5.74, 6) is 0. The first-order chi connectivity index (χ1) is 6.85. The second-order valence-electron chi connectivity index (χ2n) is 4.50. The summed E-state index contributed by atoms with van der Waals surface area (Å²) in [5.41, 5.74) is 1.67. The SMILES string of the molecule is OCC1(CCc2ccccc2)CCC1. The molecule has 1 aromatic rings. The van der Waals surface area contributed by atoms with Gasteiger partial charge in [0.1, 0.15) is 0 Å². The van der Waals surface area contributed by atoms with E-state index < -0.39 is 0 Å². The van der Waals surface area contributed by atoms with Crippen LogP contribution in [-0.2, 0) is 6.42 Å². The second kappa shape index (κ2) is 4.14. The summed E-state index contributed by atoms with van der Waals surface area (Å²) in [4.78, 5) is 0. The van der Waals surface area contributed by atoms with E-state index in [0.29, 0.717) is 6.61 Å². The summed E-state index contributed by atoms with van der Waals surface area (Å²) in [7, 11) is 0. The number of hydrogen-bond acceptors (Lipinski definition) is 1. The van der Waals surface area contributed by atoms with Crippen molar-refractivity contribution in [3.8, 4) is 0 Å². The van der Waals surface area contributed by atoms with Crippen LogP contribution < -0.4 is 0 Å². The van der Waals surface area contributed by atoms with Crippen molar-refractivity contribution in [3.05, 3.63) is 35.9 Å². The Hall–Kier alpha value is -0.820. The van der Waals surface area contributed by atoms with Crippen molar-refractivity contribution in [3.63, 3.8) is 0 Å². The second-order valence-corrected chi connectivity index (χ2v) is 4.50. The van der Waals surface area contributed by atoms with Crippen molar-refractivity contribution in [1.82, 2.24) is 0 Å². The summed E-state index contributed by atoms with van der Waals surface area (Å²) in [5, 5.41) is 9.31. The average Bonchev–Trinajstić information content (AvgIpc) is 2.19. The molecular formula is C13H18O. The van der Waals surface area contributed by atoms with Gasteiger partial charge in [0.05, 0.1) is 0 Å². The summed E-state index contributed by atoms with van der Waals surface area (Å²) in [6, 6.07) is 10.6. The third-order valence-electron chi connectivity index (χ3n) is 3.54. The Labute approximate surface area is 85.8 Å². The maximum Gasteiger partial charge on any atom is 0.0487 e. The fourth-order valence-corrected chi connectivity index (χ4v) is 2.22. The van der Waals surface area contributed by atoms with Gasteiger partial charge in [0.2, 0.25) is 0 Å². The Morgan fingerprint density at radius 1 is 1.14 bits per heavy atom. The van der Waals surface area contributed by atoms with Crippen LogP contribution >= 0.6 is 0 Å². The van der Waals surface area contributed by atoms with Crippen LogP contribution in [0.5, 0.6) is 0 Å². The lowest BCUT2D eigenvalue weighted by Gasteiger charge is -2.40. The third kappa shape index (κ3) is 1.98. The summed E-state index contributed by atoms with van der Waals surface area (Å²) in [6.45, 7) is 0.375. The average molecular weight is 190 g/mol. The van der Waals surface area contributed by atoms with Gasteiger partial charge in [0, 0.05) is 6.61 Å². The van der Waals surface area contributed by atoms with Crippen LogP contribution in [0.25, 0.3) is 0 Å². The van der Waals surface area contributed by atoms with Gasteiger partial charge in [-0.3, -0.25) is 0 Å². The molecule has 0 amide bonds. The molecule has 0 aliphatic heterocycles. The normalized spacial score (nSPS) is 18.9. The van der Waals surface area contributed by atoms with Gasteiger partial charge < -0.3 is 5.11 Å². The Balaban J connectivity index is 1.88. The van der Waals surface area contributed by atoms with Gasteiger partial charge in [-0.15, -0.1) is 0 Å². The zero-order valence-electron chi connectivity index (χ0n) is 8.58. The molecule has 2 rings (SSSR count). The first kappa shape index (κ1) is 9.72. The minimum Gasteiger partial charge on any atom is -0.396 e. The zero-order valence-corrected chi connectivity index (χ0v) is 8.58. The van der Waals surface area contributed by atoms with Crippen molar-refractivity contribution in [2.75, 3.05) is 6.61 Å².